The fourth-order valence-corrected chi connectivity index (χ4v) is 2.69. The Bertz CT molecular complexity index is 1240. The van der Waals surface area contributed by atoms with Crippen LogP contribution in [0.2, 0.25) is 0 Å². The first-order valence-electron chi connectivity index (χ1n) is 8.97. The number of ketones is 1. The van der Waals surface area contributed by atoms with Crippen LogP contribution in [0.5, 0.6) is 5.75 Å². The van der Waals surface area contributed by atoms with E-state index < -0.39 is 17.8 Å². The molecule has 1 aromatic heterocycles. The van der Waals surface area contributed by atoms with Gasteiger partial charge in [-0.3, -0.25) is 24.5 Å². The number of nitrogens with zero attached hydrogens (tertiary/aromatic N) is 1. The normalized spacial score (nSPS) is 11.2. The number of amides is 2. The molecule has 0 saturated carbocycles. The van der Waals surface area contributed by atoms with E-state index in [1.54, 1.807) is 36.4 Å². The maximum Gasteiger partial charge on any atom is 0.308 e. The van der Waals surface area contributed by atoms with Crippen molar-refractivity contribution >= 4 is 40.2 Å². The topological polar surface area (TPSA) is 115 Å². The van der Waals surface area contributed by atoms with Gasteiger partial charge in [-0.05, 0) is 49.4 Å². The van der Waals surface area contributed by atoms with Crippen LogP contribution >= 0.6 is 0 Å². The fourth-order valence-electron chi connectivity index (χ4n) is 2.69. The summed E-state index contributed by atoms with van der Waals surface area (Å²) in [7, 11) is 0. The second-order valence-corrected chi connectivity index (χ2v) is 6.48. The largest absolute Gasteiger partial charge is 0.437 e. The molecule has 0 aliphatic carbocycles. The van der Waals surface area contributed by atoms with E-state index in [0.717, 1.165) is 0 Å². The summed E-state index contributed by atoms with van der Waals surface area (Å²) in [6.45, 7) is 3.95. The minimum atomic E-state index is -0.670. The first-order chi connectivity index (χ1) is 14.2. The first-order valence-corrected chi connectivity index (χ1v) is 8.97. The molecule has 152 valence electrons. The lowest BCUT2D eigenvalue weighted by Crippen LogP contribution is -2.32. The molecule has 0 radical (unpaired) electrons. The van der Waals surface area contributed by atoms with Crippen molar-refractivity contribution in [3.8, 4) is 5.75 Å². The van der Waals surface area contributed by atoms with Crippen LogP contribution in [0, 0.1) is 0 Å². The number of imide groups is 1. The van der Waals surface area contributed by atoms with Crippen molar-refractivity contribution < 1.29 is 28.3 Å². The van der Waals surface area contributed by atoms with Gasteiger partial charge in [0.25, 0.3) is 5.91 Å². The van der Waals surface area contributed by atoms with E-state index >= 15 is 0 Å². The summed E-state index contributed by atoms with van der Waals surface area (Å²) in [4.78, 5) is 50.8. The Morgan fingerprint density at radius 1 is 0.933 bits per heavy atom. The summed E-state index contributed by atoms with van der Waals surface area (Å²) in [5.41, 5.74) is 1.29. The monoisotopic (exact) mass is 406 g/mol. The molecular weight excluding hydrogens is 388 g/mol. The zero-order valence-corrected chi connectivity index (χ0v) is 16.5. The lowest BCUT2D eigenvalue weighted by molar-refractivity contribution is -0.131. The standard InChI is InChI=1S/C22H18N2O6/c1-12(25)15-4-7-17(8-5-15)24-22-19(21(28)23-13(2)26)10-16-6-9-18(29-14(3)27)11-20(16)30-22/h4-11H,1-3H3,(H,23,26,28). The van der Waals surface area contributed by atoms with Gasteiger partial charge < -0.3 is 9.15 Å². The molecule has 0 aliphatic heterocycles. The molecule has 0 bridgehead atoms. The van der Waals surface area contributed by atoms with E-state index in [1.807, 2.05) is 0 Å². The smallest absolute Gasteiger partial charge is 0.308 e. The summed E-state index contributed by atoms with van der Waals surface area (Å²) >= 11 is 0. The minimum absolute atomic E-state index is 0.0446. The number of nitrogens with one attached hydrogen (secondary N) is 1. The van der Waals surface area contributed by atoms with Gasteiger partial charge >= 0.3 is 5.97 Å². The number of ether oxygens (including phenoxy) is 1. The van der Waals surface area contributed by atoms with Crippen molar-refractivity contribution in [2.24, 2.45) is 4.99 Å². The Morgan fingerprint density at radius 3 is 2.23 bits per heavy atom. The quantitative estimate of drug-likeness (QED) is 0.404. The van der Waals surface area contributed by atoms with Gasteiger partial charge in [0.05, 0.1) is 5.69 Å². The van der Waals surface area contributed by atoms with E-state index in [-0.39, 0.29) is 22.7 Å². The molecule has 2 amide bonds. The highest BCUT2D eigenvalue weighted by atomic mass is 16.5. The highest BCUT2D eigenvalue weighted by Crippen LogP contribution is 2.21. The second kappa shape index (κ2) is 8.52. The highest BCUT2D eigenvalue weighted by Gasteiger charge is 2.15. The molecule has 8 nitrogen and oxygen atoms in total. The number of esters is 1. The van der Waals surface area contributed by atoms with Gasteiger partial charge in [-0.2, -0.15) is 0 Å². The van der Waals surface area contributed by atoms with Crippen LogP contribution in [-0.2, 0) is 9.59 Å². The molecule has 2 aromatic carbocycles. The summed E-state index contributed by atoms with van der Waals surface area (Å²) in [5, 5.41) is 2.75. The Kier molecular flexibility index (Phi) is 5.87. The lowest BCUT2D eigenvalue weighted by atomic mass is 10.1. The van der Waals surface area contributed by atoms with Crippen molar-refractivity contribution in [3.63, 3.8) is 0 Å². The van der Waals surface area contributed by atoms with E-state index in [9.17, 15) is 19.2 Å². The van der Waals surface area contributed by atoms with Crippen molar-refractivity contribution in [1.82, 2.24) is 5.32 Å². The number of benzene rings is 2. The lowest BCUT2D eigenvalue weighted by Gasteiger charge is -2.06. The van der Waals surface area contributed by atoms with Crippen LogP contribution in [0.25, 0.3) is 11.0 Å². The molecule has 0 aliphatic rings. The number of rotatable bonds is 4. The SMILES string of the molecule is CC(=O)NC(=O)c1cc2ccc(OC(C)=O)cc2oc1=Nc1ccc(C(C)=O)cc1. The number of Topliss-reactive ketones (excluding diaryl/α,β-unsaturated/α-hetero) is 1. The van der Waals surface area contributed by atoms with E-state index in [1.165, 1.54) is 32.9 Å². The second-order valence-electron chi connectivity index (χ2n) is 6.48. The van der Waals surface area contributed by atoms with Gasteiger partial charge in [0.1, 0.15) is 16.9 Å². The Balaban J connectivity index is 2.18. The molecular formula is C22H18N2O6. The van der Waals surface area contributed by atoms with Crippen LogP contribution < -0.4 is 15.6 Å². The number of carbonyl (C=O) groups is 4. The molecule has 1 heterocycles. The van der Waals surface area contributed by atoms with E-state index in [0.29, 0.717) is 22.2 Å². The zero-order chi connectivity index (χ0) is 21.8. The Hall–Kier alpha value is -4.07. The van der Waals surface area contributed by atoms with Gasteiger partial charge in [-0.25, -0.2) is 4.99 Å². The summed E-state index contributed by atoms with van der Waals surface area (Å²) < 4.78 is 10.9. The van der Waals surface area contributed by atoms with Crippen LogP contribution in [0.1, 0.15) is 41.5 Å². The van der Waals surface area contributed by atoms with Crippen LogP contribution in [0.4, 0.5) is 5.69 Å². The Morgan fingerprint density at radius 2 is 1.63 bits per heavy atom. The average molecular weight is 406 g/mol. The predicted octanol–water partition coefficient (Wildman–Crippen LogP) is 3.07. The van der Waals surface area contributed by atoms with E-state index in [4.69, 9.17) is 9.15 Å². The molecule has 0 spiro atoms. The molecule has 0 saturated heterocycles. The molecule has 3 rings (SSSR count). The molecule has 30 heavy (non-hydrogen) atoms. The maximum atomic E-state index is 12.5. The van der Waals surface area contributed by atoms with Gasteiger partial charge in [0.15, 0.2) is 5.78 Å². The fraction of sp³-hybridized carbons (Fsp3) is 0.136. The average Bonchev–Trinajstić information content (AvgIpc) is 2.66. The molecule has 3 aromatic rings. The van der Waals surface area contributed by atoms with Crippen molar-refractivity contribution in [1.29, 1.82) is 0 Å². The molecule has 1 N–H and O–H groups in total. The molecule has 0 atom stereocenters. The van der Waals surface area contributed by atoms with Crippen LogP contribution in [0.3, 0.4) is 0 Å². The maximum absolute atomic E-state index is 12.5. The molecule has 8 heteroatoms. The van der Waals surface area contributed by atoms with Crippen LogP contribution in [-0.4, -0.2) is 23.6 Å². The third-order valence-corrected chi connectivity index (χ3v) is 4.02. The van der Waals surface area contributed by atoms with Gasteiger partial charge in [0, 0.05) is 30.9 Å². The van der Waals surface area contributed by atoms with Crippen molar-refractivity contribution in [2.75, 3.05) is 0 Å². The van der Waals surface area contributed by atoms with Crippen molar-refractivity contribution in [2.45, 2.75) is 20.8 Å². The molecule has 0 fully saturated rings. The van der Waals surface area contributed by atoms with Crippen LogP contribution in [0.15, 0.2) is 57.9 Å². The summed E-state index contributed by atoms with van der Waals surface area (Å²) in [6, 6.07) is 12.6. The minimum Gasteiger partial charge on any atom is -0.437 e. The first kappa shape index (κ1) is 20.7. The van der Waals surface area contributed by atoms with Crippen molar-refractivity contribution in [3.05, 3.63) is 65.2 Å². The third kappa shape index (κ3) is 4.85. The van der Waals surface area contributed by atoms with Gasteiger partial charge in [-0.15, -0.1) is 0 Å². The number of hydrogen-bond acceptors (Lipinski definition) is 7. The number of hydrogen-bond donors (Lipinski definition) is 1. The molecule has 0 unspecified atom stereocenters. The number of fused-ring (bicyclic) bond motifs is 1. The van der Waals surface area contributed by atoms with Gasteiger partial charge in [-0.1, -0.05) is 0 Å². The summed E-state index contributed by atoms with van der Waals surface area (Å²) in [6.07, 6.45) is 0. The highest BCUT2D eigenvalue weighted by molar-refractivity contribution is 6.05. The zero-order valence-electron chi connectivity index (χ0n) is 16.5. The Labute approximate surface area is 171 Å². The van der Waals surface area contributed by atoms with Gasteiger partial charge in [0.2, 0.25) is 11.5 Å². The van der Waals surface area contributed by atoms with E-state index in [2.05, 4.69) is 10.3 Å². The third-order valence-electron chi connectivity index (χ3n) is 4.02. The predicted molar refractivity (Wildman–Crippen MR) is 107 cm³/mol. The summed E-state index contributed by atoms with van der Waals surface area (Å²) in [5.74, 6) is -1.49. The number of carbonyl (C=O) groups excluding carboxylic acids is 4.